The molecular weight excluding hydrogens is 849 g/mol. The average molecular weight is 861 g/mol. The van der Waals surface area contributed by atoms with Crippen molar-refractivity contribution in [2.45, 2.75) is 13.0 Å². The number of carboxylic acid groups (broad SMARTS) is 1. The van der Waals surface area contributed by atoms with Crippen LogP contribution >= 0.6 is 99.8 Å². The fraction of sp³-hybridized carbons (Fsp3) is 0.118. The van der Waals surface area contributed by atoms with Crippen LogP contribution in [0.1, 0.15) is 11.3 Å². The molecule has 3 rings (SSSR count). The van der Waals surface area contributed by atoms with Crippen LogP contribution in [0.4, 0.5) is 0 Å². The monoisotopic (exact) mass is 861 g/mol. The van der Waals surface area contributed by atoms with E-state index in [1.165, 1.54) is 0 Å². The fourth-order valence-electron chi connectivity index (χ4n) is 2.36. The molecule has 0 amide bonds. The molecule has 0 spiro atoms. The third-order valence-electron chi connectivity index (χ3n) is 3.53. The lowest BCUT2D eigenvalue weighted by Crippen LogP contribution is -2.02. The van der Waals surface area contributed by atoms with Crippen LogP contribution < -0.4 is 9.47 Å². The summed E-state index contributed by atoms with van der Waals surface area (Å²) < 4.78 is 17.1. The standard InChI is InChI=1S/C17H12I4N3O4P/c18-11-1-8(3-15(25)26)2-12(19)17(11)28-10-4-13(20)16(14(21)5-10)27-7-9-6-24(29)23-22-9/h1-2,4-6H,3,7,29H2,(H,25,26). The zero-order valence-corrected chi connectivity index (χ0v) is 24.2. The minimum absolute atomic E-state index is 0.0153. The lowest BCUT2D eigenvalue weighted by atomic mass is 10.1. The van der Waals surface area contributed by atoms with E-state index in [9.17, 15) is 4.79 Å². The normalized spacial score (nSPS) is 10.8. The van der Waals surface area contributed by atoms with Gasteiger partial charge in [-0.25, -0.2) is 4.45 Å². The summed E-state index contributed by atoms with van der Waals surface area (Å²) in [5.41, 5.74) is 1.48. The maximum absolute atomic E-state index is 11.0. The predicted octanol–water partition coefficient (Wildman–Crippen LogP) is 5.33. The summed E-state index contributed by atoms with van der Waals surface area (Å²) in [6, 6.07) is 7.47. The van der Waals surface area contributed by atoms with E-state index in [1.54, 1.807) is 10.6 Å². The number of ether oxygens (including phenoxy) is 2. The molecule has 0 aliphatic rings. The van der Waals surface area contributed by atoms with Gasteiger partial charge < -0.3 is 14.6 Å². The number of rotatable bonds is 7. The van der Waals surface area contributed by atoms with Gasteiger partial charge in [0.1, 0.15) is 23.8 Å². The zero-order chi connectivity index (χ0) is 21.1. The number of aliphatic carboxylic acids is 1. The Morgan fingerprint density at radius 3 is 2.14 bits per heavy atom. The molecule has 0 saturated heterocycles. The van der Waals surface area contributed by atoms with Gasteiger partial charge >= 0.3 is 5.97 Å². The minimum Gasteiger partial charge on any atom is -0.485 e. The molecule has 1 atom stereocenters. The third-order valence-corrected chi connectivity index (χ3v) is 6.98. The van der Waals surface area contributed by atoms with Gasteiger partial charge in [-0.15, -0.1) is 5.10 Å². The van der Waals surface area contributed by atoms with E-state index in [4.69, 9.17) is 14.6 Å². The topological polar surface area (TPSA) is 86.5 Å². The number of hydrogen-bond donors (Lipinski definition) is 1. The number of carbonyl (C=O) groups is 1. The maximum Gasteiger partial charge on any atom is 0.307 e. The Morgan fingerprint density at radius 1 is 1.03 bits per heavy atom. The second kappa shape index (κ2) is 10.5. The van der Waals surface area contributed by atoms with Crippen molar-refractivity contribution in [2.75, 3.05) is 0 Å². The van der Waals surface area contributed by atoms with Crippen LogP contribution in [0.2, 0.25) is 0 Å². The first-order valence-corrected chi connectivity index (χ1v) is 12.7. The number of benzene rings is 2. The molecule has 0 fully saturated rings. The number of hydrogen-bond acceptors (Lipinski definition) is 5. The van der Waals surface area contributed by atoms with E-state index in [0.717, 1.165) is 31.3 Å². The Bertz CT molecular complexity index is 1030. The molecule has 152 valence electrons. The van der Waals surface area contributed by atoms with Crippen LogP contribution in [-0.4, -0.2) is 25.8 Å². The Kier molecular flexibility index (Phi) is 8.60. The number of nitrogens with zero attached hydrogens (tertiary/aromatic N) is 3. The molecule has 0 saturated carbocycles. The summed E-state index contributed by atoms with van der Waals surface area (Å²) in [5, 5.41) is 16.9. The summed E-state index contributed by atoms with van der Waals surface area (Å²) >= 11 is 8.75. The molecular formula is C17H12I4N3O4P. The minimum atomic E-state index is -0.856. The van der Waals surface area contributed by atoms with Crippen molar-refractivity contribution < 1.29 is 19.4 Å². The highest BCUT2D eigenvalue weighted by molar-refractivity contribution is 14.1. The molecule has 0 bridgehead atoms. The number of aromatic nitrogens is 3. The molecule has 1 aromatic heterocycles. The van der Waals surface area contributed by atoms with Gasteiger partial charge in [-0.2, -0.15) is 0 Å². The molecule has 0 aliphatic carbocycles. The largest absolute Gasteiger partial charge is 0.485 e. The highest BCUT2D eigenvalue weighted by Gasteiger charge is 2.15. The van der Waals surface area contributed by atoms with E-state index in [-0.39, 0.29) is 6.42 Å². The van der Waals surface area contributed by atoms with Crippen LogP contribution in [0.25, 0.3) is 0 Å². The maximum atomic E-state index is 11.0. The SMILES string of the molecule is O=C(O)Cc1cc(I)c(Oc2cc(I)c(OCc3cn(P)nn3)c(I)c2)c(I)c1. The van der Waals surface area contributed by atoms with Crippen molar-refractivity contribution >= 4 is 106 Å². The number of carboxylic acids is 1. The Morgan fingerprint density at radius 2 is 1.62 bits per heavy atom. The molecule has 0 radical (unpaired) electrons. The highest BCUT2D eigenvalue weighted by Crippen LogP contribution is 2.37. The van der Waals surface area contributed by atoms with Crippen LogP contribution in [0.5, 0.6) is 17.2 Å². The van der Waals surface area contributed by atoms with Gasteiger partial charge in [0.15, 0.2) is 5.75 Å². The summed E-state index contributed by atoms with van der Waals surface area (Å²) in [6.45, 7) is 0.321. The van der Waals surface area contributed by atoms with Crippen LogP contribution in [0.15, 0.2) is 30.5 Å². The number of halogens is 4. The van der Waals surface area contributed by atoms with Gasteiger partial charge in [0.25, 0.3) is 0 Å². The second-order valence-electron chi connectivity index (χ2n) is 5.76. The lowest BCUT2D eigenvalue weighted by molar-refractivity contribution is -0.136. The van der Waals surface area contributed by atoms with Gasteiger partial charge in [-0.3, -0.25) is 4.79 Å². The Balaban J connectivity index is 1.79. The Hall–Kier alpha value is 0.000000000000000111. The van der Waals surface area contributed by atoms with Gasteiger partial charge in [0, 0.05) is 0 Å². The predicted molar refractivity (Wildman–Crippen MR) is 145 cm³/mol. The van der Waals surface area contributed by atoms with Gasteiger partial charge in [-0.05, 0) is 130 Å². The van der Waals surface area contributed by atoms with Crippen LogP contribution in [0.3, 0.4) is 0 Å². The van der Waals surface area contributed by atoms with Crippen molar-refractivity contribution in [2.24, 2.45) is 0 Å². The lowest BCUT2D eigenvalue weighted by Gasteiger charge is -2.15. The smallest absolute Gasteiger partial charge is 0.307 e. The van der Waals surface area contributed by atoms with Gasteiger partial charge in [0.05, 0.1) is 26.9 Å². The van der Waals surface area contributed by atoms with Crippen molar-refractivity contribution in [1.82, 2.24) is 14.8 Å². The van der Waals surface area contributed by atoms with Crippen molar-refractivity contribution in [3.05, 3.63) is 56.0 Å². The molecule has 2 aromatic carbocycles. The van der Waals surface area contributed by atoms with E-state index in [0.29, 0.717) is 18.1 Å². The summed E-state index contributed by atoms with van der Waals surface area (Å²) in [5.74, 6) is 1.30. The second-order valence-corrected chi connectivity index (χ2v) is 10.9. The van der Waals surface area contributed by atoms with E-state index in [1.807, 2.05) is 24.3 Å². The Labute approximate surface area is 223 Å². The molecule has 1 heterocycles. The van der Waals surface area contributed by atoms with Crippen molar-refractivity contribution in [1.29, 1.82) is 0 Å². The van der Waals surface area contributed by atoms with Gasteiger partial charge in [-0.1, -0.05) is 5.21 Å². The van der Waals surface area contributed by atoms with E-state index in [2.05, 4.69) is 110 Å². The van der Waals surface area contributed by atoms with Crippen LogP contribution in [-0.2, 0) is 17.8 Å². The molecule has 3 aromatic rings. The summed E-state index contributed by atoms with van der Waals surface area (Å²) in [4.78, 5) is 11.0. The zero-order valence-electron chi connectivity index (χ0n) is 14.4. The fourth-order valence-corrected chi connectivity index (χ4v) is 6.73. The first-order valence-electron chi connectivity index (χ1n) is 7.88. The molecule has 12 heteroatoms. The molecule has 29 heavy (non-hydrogen) atoms. The molecule has 0 aliphatic heterocycles. The summed E-state index contributed by atoms with van der Waals surface area (Å²) in [7, 11) is 2.43. The highest BCUT2D eigenvalue weighted by atomic mass is 127. The first kappa shape index (κ1) is 23.7. The molecule has 7 nitrogen and oxygen atoms in total. The van der Waals surface area contributed by atoms with E-state index >= 15 is 0 Å². The summed E-state index contributed by atoms with van der Waals surface area (Å²) in [6.07, 6.45) is 1.76. The van der Waals surface area contributed by atoms with Crippen molar-refractivity contribution in [3.8, 4) is 17.2 Å². The van der Waals surface area contributed by atoms with E-state index < -0.39 is 5.97 Å². The third kappa shape index (κ3) is 6.49. The molecule has 1 N–H and O–H groups in total. The van der Waals surface area contributed by atoms with Crippen molar-refractivity contribution in [3.63, 3.8) is 0 Å². The quantitative estimate of drug-likeness (QED) is 0.256. The average Bonchev–Trinajstić information content (AvgIpc) is 3.02. The first-order chi connectivity index (χ1) is 13.7. The van der Waals surface area contributed by atoms with Crippen LogP contribution in [0, 0.1) is 14.3 Å². The molecule has 1 unspecified atom stereocenters. The van der Waals surface area contributed by atoms with Gasteiger partial charge in [0.2, 0.25) is 0 Å².